The highest BCUT2D eigenvalue weighted by atomic mass is 32.2. The average Bonchev–Trinajstić information content (AvgIpc) is 2.70. The number of nitrogens with zero attached hydrogens (tertiary/aromatic N) is 2. The normalized spacial score (nSPS) is 10.7. The minimum atomic E-state index is -1.13. The average molecular weight is 284 g/mol. The molecule has 0 fully saturated rings. The molecule has 7 heteroatoms. The lowest BCUT2D eigenvalue weighted by Crippen LogP contribution is -2.10. The zero-order chi connectivity index (χ0) is 14.0. The van der Waals surface area contributed by atoms with E-state index in [0.29, 0.717) is 10.7 Å². The van der Waals surface area contributed by atoms with E-state index in [1.54, 1.807) is 6.26 Å². The lowest BCUT2D eigenvalue weighted by molar-refractivity contribution is 0.0684. The Hall–Kier alpha value is -1.89. The minimum Gasteiger partial charge on any atom is -0.477 e. The van der Waals surface area contributed by atoms with Crippen molar-refractivity contribution in [1.82, 2.24) is 9.55 Å². The summed E-state index contributed by atoms with van der Waals surface area (Å²) in [7, 11) is 0. The molecule has 2 aromatic rings. The molecule has 1 heterocycles. The topological polar surface area (TPSA) is 55.1 Å². The summed E-state index contributed by atoms with van der Waals surface area (Å²) >= 11 is 1.26. The van der Waals surface area contributed by atoms with E-state index in [1.807, 2.05) is 0 Å². The number of hydrogen-bond donors (Lipinski definition) is 1. The molecule has 0 amide bonds. The summed E-state index contributed by atoms with van der Waals surface area (Å²) in [6, 6.07) is 3.10. The largest absolute Gasteiger partial charge is 0.477 e. The third-order valence-corrected chi connectivity index (χ3v) is 3.17. The van der Waals surface area contributed by atoms with Crippen molar-refractivity contribution in [2.24, 2.45) is 0 Å². The van der Waals surface area contributed by atoms with Crippen molar-refractivity contribution in [2.75, 3.05) is 6.26 Å². The van der Waals surface area contributed by atoms with Gasteiger partial charge in [-0.05, 0) is 24.0 Å². The second-order valence-corrected chi connectivity index (χ2v) is 4.57. The number of hydrogen-bond acceptors (Lipinski definition) is 3. The summed E-state index contributed by atoms with van der Waals surface area (Å²) in [6.07, 6.45) is 2.97. The van der Waals surface area contributed by atoms with Crippen LogP contribution in [0.2, 0.25) is 0 Å². The Bertz CT molecular complexity index is 608. The van der Waals surface area contributed by atoms with Crippen LogP contribution < -0.4 is 0 Å². The van der Waals surface area contributed by atoms with Crippen molar-refractivity contribution in [2.45, 2.75) is 11.7 Å². The van der Waals surface area contributed by atoms with Crippen molar-refractivity contribution >= 4 is 17.7 Å². The van der Waals surface area contributed by atoms with Crippen LogP contribution in [0, 0.1) is 11.6 Å². The Kier molecular flexibility index (Phi) is 3.84. The molecule has 0 bridgehead atoms. The number of aromatic nitrogens is 2. The molecule has 0 aliphatic carbocycles. The summed E-state index contributed by atoms with van der Waals surface area (Å²) < 4.78 is 27.6. The molecule has 4 nitrogen and oxygen atoms in total. The third-order valence-electron chi connectivity index (χ3n) is 2.48. The standard InChI is InChI=1S/C12H10F2N2O2S/c1-19-12-15-5-10(11(17)18)16(12)6-7-2-8(13)4-9(14)3-7/h2-5H,6H2,1H3,(H,17,18). The van der Waals surface area contributed by atoms with E-state index in [9.17, 15) is 13.6 Å². The van der Waals surface area contributed by atoms with Crippen molar-refractivity contribution in [3.05, 3.63) is 47.3 Å². The Morgan fingerprint density at radius 1 is 1.37 bits per heavy atom. The zero-order valence-electron chi connectivity index (χ0n) is 9.93. The fraction of sp³-hybridized carbons (Fsp3) is 0.167. The van der Waals surface area contributed by atoms with Gasteiger partial charge in [0.1, 0.15) is 17.3 Å². The van der Waals surface area contributed by atoms with Crippen LogP contribution in [0.4, 0.5) is 8.78 Å². The quantitative estimate of drug-likeness (QED) is 0.877. The molecule has 0 aliphatic heterocycles. The SMILES string of the molecule is CSc1ncc(C(=O)O)n1Cc1cc(F)cc(F)c1. The van der Waals surface area contributed by atoms with Crippen LogP contribution in [0.25, 0.3) is 0 Å². The molecule has 0 aliphatic rings. The summed E-state index contributed by atoms with van der Waals surface area (Å²) in [5.41, 5.74) is 0.322. The molecule has 0 saturated heterocycles. The van der Waals surface area contributed by atoms with E-state index in [1.165, 1.54) is 34.7 Å². The van der Waals surface area contributed by atoms with Crippen LogP contribution in [0.5, 0.6) is 0 Å². The molecule has 0 radical (unpaired) electrons. The van der Waals surface area contributed by atoms with Crippen LogP contribution in [0.15, 0.2) is 29.6 Å². The number of imidazole rings is 1. The first-order valence-electron chi connectivity index (χ1n) is 5.29. The molecule has 0 spiro atoms. The number of benzene rings is 1. The molecule has 1 aromatic carbocycles. The van der Waals surface area contributed by atoms with Gasteiger partial charge in [0, 0.05) is 6.07 Å². The Balaban J connectivity index is 2.41. The zero-order valence-corrected chi connectivity index (χ0v) is 10.7. The van der Waals surface area contributed by atoms with Crippen LogP contribution in [0.1, 0.15) is 16.1 Å². The number of aromatic carboxylic acids is 1. The Labute approximate surface area is 112 Å². The molecule has 1 N–H and O–H groups in total. The fourth-order valence-corrected chi connectivity index (χ4v) is 2.27. The molecule has 0 unspecified atom stereocenters. The van der Waals surface area contributed by atoms with Gasteiger partial charge in [0.05, 0.1) is 12.7 Å². The summed E-state index contributed by atoms with van der Waals surface area (Å²) in [6.45, 7) is 0.0481. The van der Waals surface area contributed by atoms with Gasteiger partial charge in [0.2, 0.25) is 0 Å². The first-order chi connectivity index (χ1) is 9.01. The van der Waals surface area contributed by atoms with Gasteiger partial charge in [0.15, 0.2) is 5.16 Å². The molecular formula is C12H10F2N2O2S. The fourth-order valence-electron chi connectivity index (χ4n) is 1.73. The molecule has 1 aromatic heterocycles. The number of carboxylic acids is 1. The molecule has 0 saturated carbocycles. The number of thioether (sulfide) groups is 1. The third kappa shape index (κ3) is 2.93. The molecule has 2 rings (SSSR count). The monoisotopic (exact) mass is 284 g/mol. The van der Waals surface area contributed by atoms with Crippen LogP contribution >= 0.6 is 11.8 Å². The van der Waals surface area contributed by atoms with E-state index >= 15 is 0 Å². The van der Waals surface area contributed by atoms with Gasteiger partial charge < -0.3 is 9.67 Å². The molecule has 19 heavy (non-hydrogen) atoms. The molecule has 0 atom stereocenters. The highest BCUT2D eigenvalue weighted by Crippen LogP contribution is 2.19. The van der Waals surface area contributed by atoms with Crippen molar-refractivity contribution in [1.29, 1.82) is 0 Å². The highest BCUT2D eigenvalue weighted by molar-refractivity contribution is 7.98. The van der Waals surface area contributed by atoms with E-state index in [4.69, 9.17) is 5.11 Å². The molecular weight excluding hydrogens is 274 g/mol. The number of carboxylic acid groups (broad SMARTS) is 1. The summed E-state index contributed by atoms with van der Waals surface area (Å²) in [5.74, 6) is -2.53. The van der Waals surface area contributed by atoms with E-state index in [-0.39, 0.29) is 12.2 Å². The van der Waals surface area contributed by atoms with Crippen LogP contribution in [-0.2, 0) is 6.54 Å². The maximum absolute atomic E-state index is 13.1. The Morgan fingerprint density at radius 3 is 2.53 bits per heavy atom. The van der Waals surface area contributed by atoms with Gasteiger partial charge in [-0.25, -0.2) is 18.6 Å². The van der Waals surface area contributed by atoms with Crippen LogP contribution in [-0.4, -0.2) is 26.9 Å². The van der Waals surface area contributed by atoms with Crippen molar-refractivity contribution < 1.29 is 18.7 Å². The van der Waals surface area contributed by atoms with Crippen molar-refractivity contribution in [3.63, 3.8) is 0 Å². The number of rotatable bonds is 4. The van der Waals surface area contributed by atoms with Crippen molar-refractivity contribution in [3.8, 4) is 0 Å². The predicted molar refractivity (Wildman–Crippen MR) is 66.4 cm³/mol. The second-order valence-electron chi connectivity index (χ2n) is 3.80. The van der Waals surface area contributed by atoms with E-state index in [2.05, 4.69) is 4.98 Å². The first-order valence-corrected chi connectivity index (χ1v) is 6.51. The molecule has 100 valence electrons. The van der Waals surface area contributed by atoms with Crippen LogP contribution in [0.3, 0.4) is 0 Å². The van der Waals surface area contributed by atoms with Gasteiger partial charge in [-0.15, -0.1) is 0 Å². The first kappa shape index (κ1) is 13.5. The van der Waals surface area contributed by atoms with Gasteiger partial charge in [-0.1, -0.05) is 11.8 Å². The summed E-state index contributed by atoms with van der Waals surface area (Å²) in [5, 5.41) is 9.52. The van der Waals surface area contributed by atoms with Gasteiger partial charge >= 0.3 is 5.97 Å². The van der Waals surface area contributed by atoms with E-state index < -0.39 is 17.6 Å². The highest BCUT2D eigenvalue weighted by Gasteiger charge is 2.15. The number of carbonyl (C=O) groups is 1. The Morgan fingerprint density at radius 2 is 2.00 bits per heavy atom. The predicted octanol–water partition coefficient (Wildman–Crippen LogP) is 2.63. The minimum absolute atomic E-state index is 0.0194. The maximum Gasteiger partial charge on any atom is 0.354 e. The lowest BCUT2D eigenvalue weighted by Gasteiger charge is -2.09. The van der Waals surface area contributed by atoms with Gasteiger partial charge in [0.25, 0.3) is 0 Å². The second kappa shape index (κ2) is 5.40. The maximum atomic E-state index is 13.1. The lowest BCUT2D eigenvalue weighted by atomic mass is 10.2. The smallest absolute Gasteiger partial charge is 0.354 e. The summed E-state index contributed by atoms with van der Waals surface area (Å²) in [4.78, 5) is 15.0. The number of halogens is 2. The van der Waals surface area contributed by atoms with E-state index in [0.717, 1.165) is 6.07 Å². The van der Waals surface area contributed by atoms with Gasteiger partial charge in [-0.2, -0.15) is 0 Å². The van der Waals surface area contributed by atoms with Gasteiger partial charge in [-0.3, -0.25) is 0 Å².